The standard InChI is InChI=1S/C13H21N3O3/c1-5-10-15-11(7-12(17)16-10)14-9(6-8(2)3)13(18)19-4/h7-9H,5-6H2,1-4H3,(H2,14,15,16,17). The second-order valence-corrected chi connectivity index (χ2v) is 4.78. The van der Waals surface area contributed by atoms with Gasteiger partial charge in [-0.05, 0) is 12.3 Å². The van der Waals surface area contributed by atoms with Crippen LogP contribution in [0.15, 0.2) is 10.9 Å². The lowest BCUT2D eigenvalue weighted by Crippen LogP contribution is -2.33. The summed E-state index contributed by atoms with van der Waals surface area (Å²) in [5.74, 6) is 0.956. The Labute approximate surface area is 112 Å². The smallest absolute Gasteiger partial charge is 0.328 e. The van der Waals surface area contributed by atoms with Crippen molar-refractivity contribution in [2.24, 2.45) is 5.92 Å². The number of carbonyl (C=O) groups excluding carboxylic acids is 1. The van der Waals surface area contributed by atoms with Crippen molar-refractivity contribution >= 4 is 11.8 Å². The zero-order chi connectivity index (χ0) is 14.4. The molecule has 2 N–H and O–H groups in total. The van der Waals surface area contributed by atoms with Crippen LogP contribution in [0.2, 0.25) is 0 Å². The quantitative estimate of drug-likeness (QED) is 0.760. The molecule has 0 bridgehead atoms. The van der Waals surface area contributed by atoms with E-state index in [4.69, 9.17) is 4.74 Å². The summed E-state index contributed by atoms with van der Waals surface area (Å²) < 4.78 is 4.76. The molecule has 1 aromatic rings. The van der Waals surface area contributed by atoms with Crippen LogP contribution in [-0.4, -0.2) is 29.1 Å². The Morgan fingerprint density at radius 1 is 1.53 bits per heavy atom. The van der Waals surface area contributed by atoms with Crippen molar-refractivity contribution in [1.29, 1.82) is 0 Å². The van der Waals surface area contributed by atoms with Crippen molar-refractivity contribution in [3.8, 4) is 0 Å². The van der Waals surface area contributed by atoms with Crippen LogP contribution in [0, 0.1) is 5.92 Å². The molecule has 1 atom stereocenters. The Hall–Kier alpha value is -1.85. The van der Waals surface area contributed by atoms with Gasteiger partial charge in [0.25, 0.3) is 5.56 Å². The third-order valence-corrected chi connectivity index (χ3v) is 2.64. The molecular formula is C13H21N3O3. The van der Waals surface area contributed by atoms with Gasteiger partial charge in [0.2, 0.25) is 0 Å². The third-order valence-electron chi connectivity index (χ3n) is 2.64. The Kier molecular flexibility index (Phi) is 5.54. The largest absolute Gasteiger partial charge is 0.467 e. The van der Waals surface area contributed by atoms with Crippen molar-refractivity contribution in [2.45, 2.75) is 39.7 Å². The predicted molar refractivity (Wildman–Crippen MR) is 73.1 cm³/mol. The maximum Gasteiger partial charge on any atom is 0.328 e. The summed E-state index contributed by atoms with van der Waals surface area (Å²) in [6.07, 6.45) is 1.24. The van der Waals surface area contributed by atoms with Gasteiger partial charge >= 0.3 is 5.97 Å². The molecule has 0 aliphatic heterocycles. The van der Waals surface area contributed by atoms with E-state index in [0.717, 1.165) is 0 Å². The van der Waals surface area contributed by atoms with Crippen LogP contribution in [0.25, 0.3) is 0 Å². The molecule has 6 nitrogen and oxygen atoms in total. The van der Waals surface area contributed by atoms with Crippen molar-refractivity contribution in [1.82, 2.24) is 9.97 Å². The van der Waals surface area contributed by atoms with Crippen molar-refractivity contribution < 1.29 is 9.53 Å². The van der Waals surface area contributed by atoms with Crippen LogP contribution < -0.4 is 10.9 Å². The second kappa shape index (κ2) is 6.92. The number of carbonyl (C=O) groups is 1. The lowest BCUT2D eigenvalue weighted by Gasteiger charge is -2.18. The molecule has 0 aliphatic carbocycles. The van der Waals surface area contributed by atoms with Gasteiger partial charge in [0.15, 0.2) is 0 Å². The van der Waals surface area contributed by atoms with Gasteiger partial charge in [-0.2, -0.15) is 0 Å². The summed E-state index contributed by atoms with van der Waals surface area (Å²) >= 11 is 0. The van der Waals surface area contributed by atoms with E-state index < -0.39 is 6.04 Å². The molecule has 0 radical (unpaired) electrons. The van der Waals surface area contributed by atoms with E-state index in [1.807, 2.05) is 20.8 Å². The zero-order valence-corrected chi connectivity index (χ0v) is 11.8. The molecule has 19 heavy (non-hydrogen) atoms. The molecule has 0 spiro atoms. The van der Waals surface area contributed by atoms with Crippen LogP contribution in [0.5, 0.6) is 0 Å². The topological polar surface area (TPSA) is 84.1 Å². The van der Waals surface area contributed by atoms with E-state index >= 15 is 0 Å². The number of methoxy groups -OCH3 is 1. The van der Waals surface area contributed by atoms with E-state index in [1.54, 1.807) is 0 Å². The molecule has 0 aliphatic rings. The summed E-state index contributed by atoms with van der Waals surface area (Å²) in [5.41, 5.74) is -0.234. The van der Waals surface area contributed by atoms with Crippen LogP contribution in [0.1, 0.15) is 33.0 Å². The molecule has 0 fully saturated rings. The summed E-state index contributed by atoms with van der Waals surface area (Å²) in [5, 5.41) is 2.97. The lowest BCUT2D eigenvalue weighted by molar-refractivity contribution is -0.141. The van der Waals surface area contributed by atoms with E-state index in [9.17, 15) is 9.59 Å². The molecule has 1 heterocycles. The summed E-state index contributed by atoms with van der Waals surface area (Å²) in [7, 11) is 1.35. The molecular weight excluding hydrogens is 246 g/mol. The number of anilines is 1. The monoisotopic (exact) mass is 267 g/mol. The van der Waals surface area contributed by atoms with Gasteiger partial charge < -0.3 is 15.0 Å². The molecule has 1 aromatic heterocycles. The lowest BCUT2D eigenvalue weighted by atomic mass is 10.0. The zero-order valence-electron chi connectivity index (χ0n) is 11.8. The highest BCUT2D eigenvalue weighted by atomic mass is 16.5. The van der Waals surface area contributed by atoms with Gasteiger partial charge in [-0.1, -0.05) is 20.8 Å². The summed E-state index contributed by atoms with van der Waals surface area (Å²) in [4.78, 5) is 30.0. The maximum absolute atomic E-state index is 11.7. The van der Waals surface area contributed by atoms with Gasteiger partial charge in [-0.25, -0.2) is 9.78 Å². The van der Waals surface area contributed by atoms with Crippen LogP contribution in [0.4, 0.5) is 5.82 Å². The molecule has 6 heteroatoms. The molecule has 106 valence electrons. The fourth-order valence-electron chi connectivity index (χ4n) is 1.76. The Morgan fingerprint density at radius 3 is 2.74 bits per heavy atom. The number of rotatable bonds is 6. The number of aromatic nitrogens is 2. The van der Waals surface area contributed by atoms with E-state index in [1.165, 1.54) is 13.2 Å². The van der Waals surface area contributed by atoms with Crippen LogP contribution in [-0.2, 0) is 16.0 Å². The number of H-pyrrole nitrogens is 1. The highest BCUT2D eigenvalue weighted by Gasteiger charge is 2.21. The summed E-state index contributed by atoms with van der Waals surface area (Å²) in [6.45, 7) is 5.93. The third kappa shape index (κ3) is 4.73. The van der Waals surface area contributed by atoms with E-state index in [2.05, 4.69) is 15.3 Å². The number of nitrogens with zero attached hydrogens (tertiary/aromatic N) is 1. The fraction of sp³-hybridized carbons (Fsp3) is 0.615. The highest BCUT2D eigenvalue weighted by Crippen LogP contribution is 2.11. The number of aryl methyl sites for hydroxylation is 1. The minimum absolute atomic E-state index is 0.234. The SMILES string of the molecule is CCc1nc(NC(CC(C)C)C(=O)OC)cc(=O)[nH]1. The second-order valence-electron chi connectivity index (χ2n) is 4.78. The minimum Gasteiger partial charge on any atom is -0.467 e. The molecule has 0 amide bonds. The fourth-order valence-corrected chi connectivity index (χ4v) is 1.76. The first-order valence-electron chi connectivity index (χ1n) is 6.40. The molecule has 1 unspecified atom stereocenters. The average molecular weight is 267 g/mol. The van der Waals surface area contributed by atoms with Crippen molar-refractivity contribution in [3.63, 3.8) is 0 Å². The number of nitrogens with one attached hydrogen (secondary N) is 2. The Bertz CT molecular complexity index is 482. The Morgan fingerprint density at radius 2 is 2.21 bits per heavy atom. The van der Waals surface area contributed by atoms with Gasteiger partial charge in [-0.3, -0.25) is 4.79 Å². The number of hydrogen-bond donors (Lipinski definition) is 2. The van der Waals surface area contributed by atoms with Crippen molar-refractivity contribution in [3.05, 3.63) is 22.2 Å². The van der Waals surface area contributed by atoms with E-state index in [0.29, 0.717) is 30.4 Å². The highest BCUT2D eigenvalue weighted by molar-refractivity contribution is 5.78. The first-order valence-corrected chi connectivity index (χ1v) is 6.40. The first kappa shape index (κ1) is 15.2. The average Bonchev–Trinajstić information content (AvgIpc) is 2.35. The van der Waals surface area contributed by atoms with Crippen molar-refractivity contribution in [2.75, 3.05) is 12.4 Å². The van der Waals surface area contributed by atoms with Gasteiger partial charge in [0.05, 0.1) is 7.11 Å². The van der Waals surface area contributed by atoms with Crippen LogP contribution in [0.3, 0.4) is 0 Å². The van der Waals surface area contributed by atoms with E-state index in [-0.39, 0.29) is 11.5 Å². The van der Waals surface area contributed by atoms with Crippen LogP contribution >= 0.6 is 0 Å². The molecule has 0 aromatic carbocycles. The molecule has 1 rings (SSSR count). The first-order chi connectivity index (χ1) is 8.96. The normalized spacial score (nSPS) is 12.3. The Balaban J connectivity index is 2.92. The number of ether oxygens (including phenoxy) is 1. The molecule has 0 saturated carbocycles. The summed E-state index contributed by atoms with van der Waals surface area (Å²) in [6, 6.07) is 0.846. The van der Waals surface area contributed by atoms with Gasteiger partial charge in [0.1, 0.15) is 17.7 Å². The predicted octanol–water partition coefficient (Wildman–Crippen LogP) is 1.33. The number of aromatic amines is 1. The molecule has 0 saturated heterocycles. The number of hydrogen-bond acceptors (Lipinski definition) is 5. The minimum atomic E-state index is -0.496. The maximum atomic E-state index is 11.7. The number of esters is 1. The van der Waals surface area contributed by atoms with Gasteiger partial charge in [0, 0.05) is 12.5 Å². The van der Waals surface area contributed by atoms with Gasteiger partial charge in [-0.15, -0.1) is 0 Å².